The van der Waals surface area contributed by atoms with Crippen molar-refractivity contribution in [1.82, 2.24) is 14.5 Å². The highest BCUT2D eigenvalue weighted by atomic mass is 32.2. The summed E-state index contributed by atoms with van der Waals surface area (Å²) < 4.78 is 7.08. The zero-order chi connectivity index (χ0) is 15.8. The molecule has 1 aromatic rings. The van der Waals surface area contributed by atoms with Gasteiger partial charge in [0.25, 0.3) is 5.56 Å². The number of thioether (sulfide) groups is 1. The maximum atomic E-state index is 12.8. The van der Waals surface area contributed by atoms with E-state index in [-0.39, 0.29) is 17.5 Å². The topological polar surface area (TPSA) is 64.4 Å². The average molecular weight is 335 g/mol. The Hall–Kier alpha value is -1.34. The van der Waals surface area contributed by atoms with E-state index in [9.17, 15) is 9.59 Å². The normalized spacial score (nSPS) is 23.5. The van der Waals surface area contributed by atoms with E-state index in [0.29, 0.717) is 32.7 Å². The summed E-state index contributed by atoms with van der Waals surface area (Å²) >= 11 is 1.61. The molecule has 1 fully saturated rings. The first-order valence-corrected chi connectivity index (χ1v) is 9.35. The number of rotatable bonds is 2. The van der Waals surface area contributed by atoms with Crippen LogP contribution in [0.15, 0.2) is 9.95 Å². The highest BCUT2D eigenvalue weighted by Crippen LogP contribution is 2.34. The number of hydrogen-bond acceptors (Lipinski definition) is 5. The Morgan fingerprint density at radius 1 is 1.26 bits per heavy atom. The molecule has 0 unspecified atom stereocenters. The van der Waals surface area contributed by atoms with Gasteiger partial charge in [0, 0.05) is 30.8 Å². The van der Waals surface area contributed by atoms with Gasteiger partial charge in [0.15, 0.2) is 5.16 Å². The molecule has 3 heterocycles. The summed E-state index contributed by atoms with van der Waals surface area (Å²) in [5.74, 6) is 0.887. The first kappa shape index (κ1) is 15.2. The molecule has 0 aromatic carbocycles. The van der Waals surface area contributed by atoms with Gasteiger partial charge in [-0.1, -0.05) is 11.8 Å². The lowest BCUT2D eigenvalue weighted by Gasteiger charge is -2.28. The molecule has 0 saturated carbocycles. The SMILES string of the molecule is O=C(C[C@@H]1CSc2nc3c(c(=O)n21)CCCC3)N1CCOCC1. The molecule has 6 nitrogen and oxygen atoms in total. The Morgan fingerprint density at radius 2 is 2.04 bits per heavy atom. The van der Waals surface area contributed by atoms with Gasteiger partial charge < -0.3 is 9.64 Å². The number of hydrogen-bond donors (Lipinski definition) is 0. The van der Waals surface area contributed by atoms with Gasteiger partial charge in [-0.3, -0.25) is 14.2 Å². The number of aryl methyl sites for hydroxylation is 1. The zero-order valence-electron chi connectivity index (χ0n) is 13.1. The summed E-state index contributed by atoms with van der Waals surface area (Å²) in [4.78, 5) is 31.9. The number of carbonyl (C=O) groups excluding carboxylic acids is 1. The van der Waals surface area contributed by atoms with Crippen molar-refractivity contribution >= 4 is 17.7 Å². The molecule has 124 valence electrons. The fourth-order valence-electron chi connectivity index (χ4n) is 3.61. The van der Waals surface area contributed by atoms with Gasteiger partial charge in [-0.2, -0.15) is 0 Å². The van der Waals surface area contributed by atoms with E-state index in [1.165, 1.54) is 0 Å². The summed E-state index contributed by atoms with van der Waals surface area (Å²) in [5, 5.41) is 0.801. The molecule has 2 aliphatic heterocycles. The van der Waals surface area contributed by atoms with Gasteiger partial charge in [-0.15, -0.1) is 0 Å². The molecule has 0 radical (unpaired) electrons. The van der Waals surface area contributed by atoms with Crippen LogP contribution in [0.2, 0.25) is 0 Å². The van der Waals surface area contributed by atoms with E-state index in [4.69, 9.17) is 9.72 Å². The van der Waals surface area contributed by atoms with Crippen LogP contribution in [0.1, 0.15) is 36.6 Å². The Morgan fingerprint density at radius 3 is 2.87 bits per heavy atom. The molecule has 23 heavy (non-hydrogen) atoms. The van der Waals surface area contributed by atoms with Gasteiger partial charge >= 0.3 is 0 Å². The fraction of sp³-hybridized carbons (Fsp3) is 0.688. The lowest BCUT2D eigenvalue weighted by Crippen LogP contribution is -2.42. The maximum absolute atomic E-state index is 12.8. The van der Waals surface area contributed by atoms with E-state index < -0.39 is 0 Å². The summed E-state index contributed by atoms with van der Waals surface area (Å²) in [6, 6.07) is -0.0578. The van der Waals surface area contributed by atoms with E-state index in [1.54, 1.807) is 16.3 Å². The van der Waals surface area contributed by atoms with Crippen molar-refractivity contribution in [2.24, 2.45) is 0 Å². The first-order chi connectivity index (χ1) is 11.2. The highest BCUT2D eigenvalue weighted by Gasteiger charge is 2.31. The molecular formula is C16H21N3O3S. The molecule has 1 amide bonds. The highest BCUT2D eigenvalue weighted by molar-refractivity contribution is 7.99. The van der Waals surface area contributed by atoms with E-state index in [1.807, 2.05) is 4.90 Å². The van der Waals surface area contributed by atoms with Crippen LogP contribution in [-0.4, -0.2) is 52.4 Å². The Bertz CT molecular complexity index is 682. The second-order valence-electron chi connectivity index (χ2n) is 6.36. The second-order valence-corrected chi connectivity index (χ2v) is 7.35. The summed E-state index contributed by atoms with van der Waals surface area (Å²) in [7, 11) is 0. The number of morpholine rings is 1. The van der Waals surface area contributed by atoms with Crippen molar-refractivity contribution in [1.29, 1.82) is 0 Å². The van der Waals surface area contributed by atoms with Crippen LogP contribution in [0.4, 0.5) is 0 Å². The first-order valence-electron chi connectivity index (χ1n) is 8.36. The van der Waals surface area contributed by atoms with Gasteiger partial charge in [-0.25, -0.2) is 4.98 Å². The standard InChI is InChI=1S/C16H21N3O3S/c20-14(18-5-7-22-8-6-18)9-11-10-23-16-17-13-4-2-1-3-12(13)15(21)19(11)16/h11H,1-10H2/t11-/m1/s1. The van der Waals surface area contributed by atoms with Crippen molar-refractivity contribution in [3.8, 4) is 0 Å². The largest absolute Gasteiger partial charge is 0.378 e. The minimum absolute atomic E-state index is 0.0578. The Labute approximate surface area is 139 Å². The van der Waals surface area contributed by atoms with Crippen LogP contribution in [0, 0.1) is 0 Å². The van der Waals surface area contributed by atoms with Gasteiger partial charge in [-0.05, 0) is 25.7 Å². The molecular weight excluding hydrogens is 314 g/mol. The van der Waals surface area contributed by atoms with E-state index >= 15 is 0 Å². The number of nitrogens with zero attached hydrogens (tertiary/aromatic N) is 3. The van der Waals surface area contributed by atoms with Crippen LogP contribution >= 0.6 is 11.8 Å². The van der Waals surface area contributed by atoms with Crippen LogP contribution < -0.4 is 5.56 Å². The summed E-state index contributed by atoms with van der Waals surface area (Å²) in [5.41, 5.74) is 1.96. The van der Waals surface area contributed by atoms with Gasteiger partial charge in [0.2, 0.25) is 5.91 Å². The molecule has 7 heteroatoms. The zero-order valence-corrected chi connectivity index (χ0v) is 13.9. The minimum atomic E-state index is -0.0578. The Kier molecular flexibility index (Phi) is 4.15. The number of amides is 1. The van der Waals surface area contributed by atoms with E-state index in [0.717, 1.165) is 47.8 Å². The van der Waals surface area contributed by atoms with Crippen LogP contribution in [0.3, 0.4) is 0 Å². The van der Waals surface area contributed by atoms with Crippen molar-refractivity contribution in [2.75, 3.05) is 32.1 Å². The van der Waals surface area contributed by atoms with Crippen LogP contribution in [0.5, 0.6) is 0 Å². The molecule has 1 aliphatic carbocycles. The Balaban J connectivity index is 1.57. The average Bonchev–Trinajstić information content (AvgIpc) is 2.99. The fourth-order valence-corrected chi connectivity index (χ4v) is 4.76. The van der Waals surface area contributed by atoms with Gasteiger partial charge in [0.1, 0.15) is 0 Å². The molecule has 1 saturated heterocycles. The van der Waals surface area contributed by atoms with E-state index in [2.05, 4.69) is 0 Å². The summed E-state index contributed by atoms with van der Waals surface area (Å²) in [6.45, 7) is 2.53. The molecule has 0 spiro atoms. The second kappa shape index (κ2) is 6.28. The third-order valence-electron chi connectivity index (χ3n) is 4.90. The molecule has 3 aliphatic rings. The molecule has 4 rings (SSSR count). The van der Waals surface area contributed by atoms with Crippen LogP contribution in [-0.2, 0) is 22.4 Å². The number of ether oxygens (including phenoxy) is 1. The lowest BCUT2D eigenvalue weighted by molar-refractivity contribution is -0.136. The number of aromatic nitrogens is 2. The van der Waals surface area contributed by atoms with Gasteiger partial charge in [0.05, 0.1) is 24.9 Å². The molecule has 1 aromatic heterocycles. The van der Waals surface area contributed by atoms with Crippen molar-refractivity contribution in [3.05, 3.63) is 21.6 Å². The van der Waals surface area contributed by atoms with Crippen molar-refractivity contribution in [2.45, 2.75) is 43.3 Å². The van der Waals surface area contributed by atoms with Crippen molar-refractivity contribution in [3.63, 3.8) is 0 Å². The monoisotopic (exact) mass is 335 g/mol. The maximum Gasteiger partial charge on any atom is 0.257 e. The predicted octanol–water partition coefficient (Wildman–Crippen LogP) is 1.02. The predicted molar refractivity (Wildman–Crippen MR) is 86.9 cm³/mol. The molecule has 0 bridgehead atoms. The van der Waals surface area contributed by atoms with Crippen molar-refractivity contribution < 1.29 is 9.53 Å². The minimum Gasteiger partial charge on any atom is -0.378 e. The van der Waals surface area contributed by atoms with Crippen LogP contribution in [0.25, 0.3) is 0 Å². The third kappa shape index (κ3) is 2.80. The number of carbonyl (C=O) groups is 1. The lowest BCUT2D eigenvalue weighted by atomic mass is 9.97. The molecule has 0 N–H and O–H groups in total. The quantitative estimate of drug-likeness (QED) is 0.755. The molecule has 1 atom stereocenters. The smallest absolute Gasteiger partial charge is 0.257 e. The summed E-state index contributed by atoms with van der Waals surface area (Å²) in [6.07, 6.45) is 4.31. The third-order valence-corrected chi connectivity index (χ3v) is 5.99. The number of fused-ring (bicyclic) bond motifs is 2.